The number of benzene rings is 1. The minimum absolute atomic E-state index is 0. The number of halogens is 2. The molecule has 0 radical (unpaired) electrons. The second-order valence-corrected chi connectivity index (χ2v) is 6.95. The molecule has 2 aliphatic heterocycles. The van der Waals surface area contributed by atoms with Gasteiger partial charge in [0.05, 0.1) is 17.6 Å². The van der Waals surface area contributed by atoms with Crippen LogP contribution in [-0.4, -0.2) is 51.0 Å². The van der Waals surface area contributed by atoms with Crippen molar-refractivity contribution in [3.8, 4) is 11.5 Å². The second-order valence-electron chi connectivity index (χ2n) is 6.09. The number of hydrogen-bond acceptors (Lipinski definition) is 4. The zero-order valence-electron chi connectivity index (χ0n) is 14.6. The molecule has 1 fully saturated rings. The van der Waals surface area contributed by atoms with Crippen LogP contribution in [0.3, 0.4) is 0 Å². The number of guanidine groups is 1. The first-order chi connectivity index (χ1) is 11.7. The fourth-order valence-electron chi connectivity index (χ4n) is 2.95. The lowest BCUT2D eigenvalue weighted by atomic mass is 10.1. The average Bonchev–Trinajstić information content (AvgIpc) is 3.22. The third-order valence-electron chi connectivity index (χ3n) is 4.15. The van der Waals surface area contributed by atoms with Crippen LogP contribution in [0.5, 0.6) is 11.5 Å². The topological polar surface area (TPSA) is 55.3 Å². The van der Waals surface area contributed by atoms with Crippen LogP contribution in [0, 0.1) is 5.92 Å². The molecule has 0 spiro atoms. The van der Waals surface area contributed by atoms with E-state index in [2.05, 4.69) is 40.1 Å². The van der Waals surface area contributed by atoms with Gasteiger partial charge in [-0.3, -0.25) is 0 Å². The van der Waals surface area contributed by atoms with E-state index in [0.717, 1.165) is 60.2 Å². The second kappa shape index (κ2) is 9.82. The van der Waals surface area contributed by atoms with E-state index >= 15 is 0 Å². The van der Waals surface area contributed by atoms with Crippen molar-refractivity contribution in [3.63, 3.8) is 0 Å². The third kappa shape index (κ3) is 5.37. The molecule has 1 aromatic rings. The van der Waals surface area contributed by atoms with Gasteiger partial charge in [0.25, 0.3) is 0 Å². The van der Waals surface area contributed by atoms with Crippen LogP contribution in [0.15, 0.2) is 21.6 Å². The molecule has 0 bridgehead atoms. The van der Waals surface area contributed by atoms with E-state index in [1.165, 1.54) is 0 Å². The molecule has 1 N–H and O–H groups in total. The van der Waals surface area contributed by atoms with Gasteiger partial charge in [0, 0.05) is 32.7 Å². The maximum Gasteiger partial charge on any atom is 0.231 e. The van der Waals surface area contributed by atoms with Gasteiger partial charge in [-0.05, 0) is 47.0 Å². The van der Waals surface area contributed by atoms with Crippen molar-refractivity contribution in [1.29, 1.82) is 0 Å². The van der Waals surface area contributed by atoms with E-state index in [1.54, 1.807) is 0 Å². The van der Waals surface area contributed by atoms with Crippen LogP contribution in [0.2, 0.25) is 0 Å². The van der Waals surface area contributed by atoms with Gasteiger partial charge in [-0.15, -0.1) is 24.0 Å². The van der Waals surface area contributed by atoms with Gasteiger partial charge < -0.3 is 24.4 Å². The van der Waals surface area contributed by atoms with Crippen LogP contribution in [0.1, 0.15) is 18.9 Å². The molecule has 3 rings (SSSR count). The fraction of sp³-hybridized carbons (Fsp3) is 0.588. The molecule has 0 aromatic heterocycles. The Labute approximate surface area is 174 Å². The Kier molecular flexibility index (Phi) is 8.08. The van der Waals surface area contributed by atoms with Crippen molar-refractivity contribution in [1.82, 2.24) is 10.2 Å². The van der Waals surface area contributed by atoms with Crippen molar-refractivity contribution in [2.45, 2.75) is 19.9 Å². The Morgan fingerprint density at radius 1 is 1.40 bits per heavy atom. The quantitative estimate of drug-likeness (QED) is 0.363. The Bertz CT molecular complexity index is 609. The number of fused-ring (bicyclic) bond motifs is 1. The number of hydrogen-bond donors (Lipinski definition) is 1. The minimum Gasteiger partial charge on any atom is -0.454 e. The first-order valence-corrected chi connectivity index (χ1v) is 9.12. The number of nitrogens with one attached hydrogen (secondary N) is 1. The zero-order valence-corrected chi connectivity index (χ0v) is 18.5. The SMILES string of the molecule is CCNC(=NCc1cc(Br)c2c(c1)OCO2)N(C)CC1CCOC1.I. The van der Waals surface area contributed by atoms with E-state index in [9.17, 15) is 0 Å². The van der Waals surface area contributed by atoms with Crippen molar-refractivity contribution in [3.05, 3.63) is 22.2 Å². The summed E-state index contributed by atoms with van der Waals surface area (Å²) in [6.07, 6.45) is 1.12. The van der Waals surface area contributed by atoms with Crippen LogP contribution in [-0.2, 0) is 11.3 Å². The van der Waals surface area contributed by atoms with Crippen molar-refractivity contribution < 1.29 is 14.2 Å². The third-order valence-corrected chi connectivity index (χ3v) is 4.74. The Balaban J connectivity index is 0.00000225. The lowest BCUT2D eigenvalue weighted by molar-refractivity contribution is 0.173. The number of rotatable bonds is 5. The number of aliphatic imine (C=N–C) groups is 1. The summed E-state index contributed by atoms with van der Waals surface area (Å²) >= 11 is 3.53. The van der Waals surface area contributed by atoms with Gasteiger partial charge in [-0.1, -0.05) is 0 Å². The number of ether oxygens (including phenoxy) is 3. The molecule has 140 valence electrons. The minimum atomic E-state index is 0. The normalized spacial score (nSPS) is 18.8. The Hall–Kier alpha value is -0.740. The largest absolute Gasteiger partial charge is 0.454 e. The van der Waals surface area contributed by atoms with Gasteiger partial charge in [-0.2, -0.15) is 0 Å². The summed E-state index contributed by atoms with van der Waals surface area (Å²) in [6.45, 7) is 6.46. The highest BCUT2D eigenvalue weighted by Gasteiger charge is 2.20. The fourth-order valence-corrected chi connectivity index (χ4v) is 3.55. The summed E-state index contributed by atoms with van der Waals surface area (Å²) in [7, 11) is 2.08. The lowest BCUT2D eigenvalue weighted by Gasteiger charge is -2.24. The Morgan fingerprint density at radius 2 is 2.24 bits per heavy atom. The molecule has 6 nitrogen and oxygen atoms in total. The van der Waals surface area contributed by atoms with E-state index in [1.807, 2.05) is 12.1 Å². The van der Waals surface area contributed by atoms with Crippen LogP contribution >= 0.6 is 39.9 Å². The Morgan fingerprint density at radius 3 is 2.96 bits per heavy atom. The monoisotopic (exact) mass is 525 g/mol. The maximum absolute atomic E-state index is 5.47. The van der Waals surface area contributed by atoms with Crippen molar-refractivity contribution >= 4 is 45.9 Å². The average molecular weight is 526 g/mol. The standard InChI is InChI=1S/C17H24BrN3O3.HI/c1-3-19-17(21(2)9-12-4-5-22-10-12)20-8-13-6-14(18)16-15(7-13)23-11-24-16;/h6-7,12H,3-5,8-11H2,1-2H3,(H,19,20);1H. The van der Waals surface area contributed by atoms with E-state index < -0.39 is 0 Å². The summed E-state index contributed by atoms with van der Waals surface area (Å²) in [5, 5.41) is 3.36. The molecule has 1 atom stereocenters. The molecule has 25 heavy (non-hydrogen) atoms. The smallest absolute Gasteiger partial charge is 0.231 e. The maximum atomic E-state index is 5.47. The van der Waals surface area contributed by atoms with Gasteiger partial charge in [0.1, 0.15) is 0 Å². The van der Waals surface area contributed by atoms with Crippen LogP contribution in [0.25, 0.3) is 0 Å². The molecule has 0 amide bonds. The highest BCUT2D eigenvalue weighted by Crippen LogP contribution is 2.40. The van der Waals surface area contributed by atoms with Crippen molar-refractivity contribution in [2.24, 2.45) is 10.9 Å². The molecule has 1 unspecified atom stereocenters. The summed E-state index contributed by atoms with van der Waals surface area (Å²) in [5.41, 5.74) is 1.08. The van der Waals surface area contributed by atoms with E-state index in [4.69, 9.17) is 19.2 Å². The molecular formula is C17H25BrIN3O3. The summed E-state index contributed by atoms with van der Waals surface area (Å²) in [6, 6.07) is 4.02. The molecule has 0 saturated carbocycles. The molecule has 2 aliphatic rings. The lowest BCUT2D eigenvalue weighted by Crippen LogP contribution is -2.41. The first-order valence-electron chi connectivity index (χ1n) is 8.32. The molecule has 1 aromatic carbocycles. The van der Waals surface area contributed by atoms with Gasteiger partial charge in [0.2, 0.25) is 6.79 Å². The zero-order chi connectivity index (χ0) is 16.9. The van der Waals surface area contributed by atoms with Gasteiger partial charge in [0.15, 0.2) is 17.5 Å². The van der Waals surface area contributed by atoms with Crippen LogP contribution in [0.4, 0.5) is 0 Å². The van der Waals surface area contributed by atoms with E-state index in [-0.39, 0.29) is 30.8 Å². The summed E-state index contributed by atoms with van der Waals surface area (Å²) < 4.78 is 17.3. The predicted octanol–water partition coefficient (Wildman–Crippen LogP) is 3.23. The first kappa shape index (κ1) is 20.6. The molecule has 8 heteroatoms. The molecule has 0 aliphatic carbocycles. The van der Waals surface area contributed by atoms with Crippen LogP contribution < -0.4 is 14.8 Å². The highest BCUT2D eigenvalue weighted by molar-refractivity contribution is 14.0. The van der Waals surface area contributed by atoms with Gasteiger partial charge >= 0.3 is 0 Å². The summed E-state index contributed by atoms with van der Waals surface area (Å²) in [5.74, 6) is 3.04. The molecule has 2 heterocycles. The van der Waals surface area contributed by atoms with Gasteiger partial charge in [-0.25, -0.2) is 4.99 Å². The summed E-state index contributed by atoms with van der Waals surface area (Å²) in [4.78, 5) is 6.95. The van der Waals surface area contributed by atoms with E-state index in [0.29, 0.717) is 12.5 Å². The predicted molar refractivity (Wildman–Crippen MR) is 112 cm³/mol. The number of nitrogens with zero attached hydrogens (tertiary/aromatic N) is 2. The van der Waals surface area contributed by atoms with Crippen molar-refractivity contribution in [2.75, 3.05) is 40.1 Å². The highest BCUT2D eigenvalue weighted by atomic mass is 127. The molecule has 1 saturated heterocycles. The molecular weight excluding hydrogens is 501 g/mol.